The van der Waals surface area contributed by atoms with Crippen LogP contribution in [0.4, 0.5) is 0 Å². The van der Waals surface area contributed by atoms with Crippen molar-refractivity contribution in [3.63, 3.8) is 0 Å². The van der Waals surface area contributed by atoms with Crippen LogP contribution in [-0.4, -0.2) is 33.2 Å². The second-order valence-corrected chi connectivity index (χ2v) is 6.46. The first kappa shape index (κ1) is 16.9. The van der Waals surface area contributed by atoms with Crippen LogP contribution in [0, 0.1) is 0 Å². The zero-order valence-electron chi connectivity index (χ0n) is 12.4. The van der Waals surface area contributed by atoms with Crippen molar-refractivity contribution in [2.45, 2.75) is 56.6 Å². The molecule has 0 saturated heterocycles. The van der Waals surface area contributed by atoms with E-state index in [0.717, 1.165) is 30.0 Å². The van der Waals surface area contributed by atoms with Crippen molar-refractivity contribution < 1.29 is 4.79 Å². The average Bonchev–Trinajstić information content (AvgIpc) is 2.38. The Morgan fingerprint density at radius 3 is 2.80 bits per heavy atom. The molecule has 1 heterocycles. The van der Waals surface area contributed by atoms with E-state index in [-0.39, 0.29) is 11.9 Å². The van der Waals surface area contributed by atoms with Gasteiger partial charge in [-0.25, -0.2) is 9.97 Å². The summed E-state index contributed by atoms with van der Waals surface area (Å²) in [4.78, 5) is 19.6. The molecule has 0 fully saturated rings. The smallest absolute Gasteiger partial charge is 0.237 e. The third-order valence-corrected chi connectivity index (χ3v) is 4.06. The number of nitrogens with two attached hydrogens (primary N) is 1. The van der Waals surface area contributed by atoms with Gasteiger partial charge in [-0.15, -0.1) is 11.8 Å². The average molecular weight is 296 g/mol. The van der Waals surface area contributed by atoms with E-state index in [1.807, 2.05) is 26.8 Å². The molecule has 0 aliphatic heterocycles. The minimum Gasteiger partial charge on any atom is -0.368 e. The van der Waals surface area contributed by atoms with E-state index in [4.69, 9.17) is 5.73 Å². The first-order valence-corrected chi connectivity index (χ1v) is 7.89. The van der Waals surface area contributed by atoms with E-state index in [2.05, 4.69) is 15.3 Å². The van der Waals surface area contributed by atoms with Gasteiger partial charge in [-0.05, 0) is 45.4 Å². The number of hydrogen-bond donors (Lipinski definition) is 2. The molecule has 0 aliphatic rings. The number of carbonyl (C=O) groups excluding carboxylic acids is 1. The number of rotatable bonds is 9. The number of unbranched alkanes of at least 4 members (excludes halogenated alkanes) is 1. The Bertz CT molecular complexity index is 413. The maximum Gasteiger partial charge on any atom is 0.237 e. The van der Waals surface area contributed by atoms with Gasteiger partial charge in [0.15, 0.2) is 0 Å². The number of hydrogen-bond acceptors (Lipinski definition) is 5. The van der Waals surface area contributed by atoms with Crippen LogP contribution in [0.1, 0.15) is 40.0 Å². The molecule has 3 N–H and O–H groups in total. The molecule has 1 aromatic rings. The molecule has 5 nitrogen and oxygen atoms in total. The Morgan fingerprint density at radius 2 is 2.25 bits per heavy atom. The number of amides is 1. The van der Waals surface area contributed by atoms with Crippen molar-refractivity contribution in [1.82, 2.24) is 15.3 Å². The van der Waals surface area contributed by atoms with E-state index in [1.165, 1.54) is 0 Å². The van der Waals surface area contributed by atoms with Gasteiger partial charge in [0.25, 0.3) is 0 Å². The van der Waals surface area contributed by atoms with Gasteiger partial charge in [0.1, 0.15) is 6.33 Å². The molecule has 1 unspecified atom stereocenters. The number of aromatic nitrogens is 2. The zero-order chi connectivity index (χ0) is 15.0. The van der Waals surface area contributed by atoms with Crippen molar-refractivity contribution in [3.05, 3.63) is 18.6 Å². The molecule has 20 heavy (non-hydrogen) atoms. The summed E-state index contributed by atoms with van der Waals surface area (Å²) in [6.45, 7) is 5.92. The molecule has 0 aliphatic carbocycles. The molecule has 1 aromatic heterocycles. The third kappa shape index (κ3) is 5.88. The van der Waals surface area contributed by atoms with Crippen LogP contribution in [0.5, 0.6) is 0 Å². The number of nitrogens with one attached hydrogen (secondary N) is 1. The molecule has 1 rings (SSSR count). The van der Waals surface area contributed by atoms with Gasteiger partial charge < -0.3 is 11.1 Å². The fourth-order valence-corrected chi connectivity index (χ4v) is 2.86. The van der Waals surface area contributed by atoms with Crippen molar-refractivity contribution in [1.29, 1.82) is 0 Å². The van der Waals surface area contributed by atoms with Crippen molar-refractivity contribution >= 4 is 17.7 Å². The van der Waals surface area contributed by atoms with Crippen LogP contribution in [-0.2, 0) is 4.79 Å². The SMILES string of the molecule is CC(C)NC(C)(CCCCSc1ccncn1)C(N)=O. The van der Waals surface area contributed by atoms with Crippen LogP contribution in [0.3, 0.4) is 0 Å². The van der Waals surface area contributed by atoms with Crippen molar-refractivity contribution in [2.75, 3.05) is 5.75 Å². The van der Waals surface area contributed by atoms with Crippen molar-refractivity contribution in [3.8, 4) is 0 Å². The summed E-state index contributed by atoms with van der Waals surface area (Å²) in [7, 11) is 0. The summed E-state index contributed by atoms with van der Waals surface area (Å²) >= 11 is 1.71. The normalized spacial score (nSPS) is 14.2. The highest BCUT2D eigenvalue weighted by atomic mass is 32.2. The van der Waals surface area contributed by atoms with Crippen LogP contribution < -0.4 is 11.1 Å². The quantitative estimate of drug-likeness (QED) is 0.414. The zero-order valence-corrected chi connectivity index (χ0v) is 13.2. The summed E-state index contributed by atoms with van der Waals surface area (Å²) in [5.41, 5.74) is 4.88. The van der Waals surface area contributed by atoms with Crippen LogP contribution in [0.15, 0.2) is 23.6 Å². The van der Waals surface area contributed by atoms with Gasteiger partial charge >= 0.3 is 0 Å². The van der Waals surface area contributed by atoms with Gasteiger partial charge in [-0.3, -0.25) is 4.79 Å². The Labute approximate surface area is 125 Å². The minimum atomic E-state index is -0.617. The predicted octanol–water partition coefficient (Wildman–Crippen LogP) is 1.98. The highest BCUT2D eigenvalue weighted by Crippen LogP contribution is 2.19. The van der Waals surface area contributed by atoms with E-state index < -0.39 is 5.54 Å². The lowest BCUT2D eigenvalue weighted by Gasteiger charge is -2.29. The first-order valence-electron chi connectivity index (χ1n) is 6.90. The molecule has 1 atom stereocenters. The van der Waals surface area contributed by atoms with E-state index in [9.17, 15) is 4.79 Å². The molecule has 0 aromatic carbocycles. The summed E-state index contributed by atoms with van der Waals surface area (Å²) < 4.78 is 0. The number of nitrogens with zero attached hydrogens (tertiary/aromatic N) is 2. The second kappa shape index (κ2) is 8.21. The van der Waals surface area contributed by atoms with Crippen LogP contribution >= 0.6 is 11.8 Å². The fraction of sp³-hybridized carbons (Fsp3) is 0.643. The topological polar surface area (TPSA) is 80.9 Å². The number of carbonyl (C=O) groups is 1. The van der Waals surface area contributed by atoms with Crippen molar-refractivity contribution in [2.24, 2.45) is 5.73 Å². The highest BCUT2D eigenvalue weighted by Gasteiger charge is 2.30. The molecular weight excluding hydrogens is 272 g/mol. The molecule has 0 saturated carbocycles. The Kier molecular flexibility index (Phi) is 6.95. The maximum absolute atomic E-state index is 11.6. The van der Waals surface area contributed by atoms with Gasteiger partial charge in [0, 0.05) is 12.2 Å². The van der Waals surface area contributed by atoms with Gasteiger partial charge in [0.2, 0.25) is 5.91 Å². The summed E-state index contributed by atoms with van der Waals surface area (Å²) in [6, 6.07) is 2.14. The van der Waals surface area contributed by atoms with Crippen LogP contribution in [0.2, 0.25) is 0 Å². The molecule has 0 radical (unpaired) electrons. The molecule has 6 heteroatoms. The molecule has 0 bridgehead atoms. The lowest BCUT2D eigenvalue weighted by molar-refractivity contribution is -0.124. The summed E-state index contributed by atoms with van der Waals surface area (Å²) in [6.07, 6.45) is 6.03. The third-order valence-electron chi connectivity index (χ3n) is 3.03. The lowest BCUT2D eigenvalue weighted by atomic mass is 9.93. The number of thioether (sulfide) groups is 1. The molecule has 0 spiro atoms. The lowest BCUT2D eigenvalue weighted by Crippen LogP contribution is -2.55. The molecular formula is C14H24N4OS. The van der Waals surface area contributed by atoms with Gasteiger partial charge in [0.05, 0.1) is 10.6 Å². The Balaban J connectivity index is 2.29. The largest absolute Gasteiger partial charge is 0.368 e. The van der Waals surface area contributed by atoms with Crippen LogP contribution in [0.25, 0.3) is 0 Å². The monoisotopic (exact) mass is 296 g/mol. The standard InChI is InChI=1S/C14H24N4OS/c1-11(2)18-14(3,13(15)19)7-4-5-9-20-12-6-8-16-10-17-12/h6,8,10-11,18H,4-5,7,9H2,1-3H3,(H2,15,19). The fourth-order valence-electron chi connectivity index (χ4n) is 2.02. The Hall–Kier alpha value is -1.14. The second-order valence-electron chi connectivity index (χ2n) is 5.35. The van der Waals surface area contributed by atoms with E-state index in [1.54, 1.807) is 24.3 Å². The highest BCUT2D eigenvalue weighted by molar-refractivity contribution is 7.99. The van der Waals surface area contributed by atoms with E-state index in [0.29, 0.717) is 0 Å². The maximum atomic E-state index is 11.6. The molecule has 1 amide bonds. The van der Waals surface area contributed by atoms with Gasteiger partial charge in [-0.1, -0.05) is 6.42 Å². The Morgan fingerprint density at radius 1 is 1.50 bits per heavy atom. The first-order chi connectivity index (χ1) is 9.44. The summed E-state index contributed by atoms with van der Waals surface area (Å²) in [5, 5.41) is 4.25. The summed E-state index contributed by atoms with van der Waals surface area (Å²) in [5.74, 6) is 0.697. The predicted molar refractivity (Wildman–Crippen MR) is 82.5 cm³/mol. The number of primary amides is 1. The molecule has 112 valence electrons. The minimum absolute atomic E-state index is 0.239. The van der Waals surface area contributed by atoms with Gasteiger partial charge in [-0.2, -0.15) is 0 Å². The van der Waals surface area contributed by atoms with E-state index >= 15 is 0 Å².